The number of para-hydroxylation sites is 1. The average molecular weight is 450 g/mol. The van der Waals surface area contributed by atoms with Crippen molar-refractivity contribution in [3.05, 3.63) is 102 Å². The summed E-state index contributed by atoms with van der Waals surface area (Å²) in [6.45, 7) is 0. The van der Waals surface area contributed by atoms with Crippen molar-refractivity contribution < 1.29 is 0 Å². The Labute approximate surface area is 181 Å². The number of halogens is 1. The third-order valence-electron chi connectivity index (χ3n) is 5.57. The lowest BCUT2D eigenvalue weighted by Crippen LogP contribution is -1.94. The number of rotatable bonds is 2. The quantitative estimate of drug-likeness (QED) is 0.263. The molecular weight excluding hydrogens is 434 g/mol. The summed E-state index contributed by atoms with van der Waals surface area (Å²) in [4.78, 5) is 0. The van der Waals surface area contributed by atoms with Gasteiger partial charge in [0.2, 0.25) is 0 Å². The SMILES string of the molecule is Brc1cccc(-c2ccc(-c3nnc4c5ccccc5c5ccccc5n34)cc2)c1. The van der Waals surface area contributed by atoms with Crippen molar-refractivity contribution in [3.8, 4) is 22.5 Å². The summed E-state index contributed by atoms with van der Waals surface area (Å²) >= 11 is 3.55. The van der Waals surface area contributed by atoms with Gasteiger partial charge in [-0.1, -0.05) is 94.8 Å². The second-order valence-corrected chi connectivity index (χ2v) is 8.25. The zero-order valence-corrected chi connectivity index (χ0v) is 17.5. The summed E-state index contributed by atoms with van der Waals surface area (Å²) in [7, 11) is 0. The van der Waals surface area contributed by atoms with Gasteiger partial charge in [-0.3, -0.25) is 4.40 Å². The van der Waals surface area contributed by atoms with E-state index in [2.05, 4.69) is 122 Å². The van der Waals surface area contributed by atoms with Crippen LogP contribution in [0, 0.1) is 0 Å². The van der Waals surface area contributed by atoms with Gasteiger partial charge in [-0.25, -0.2) is 0 Å². The first-order chi connectivity index (χ1) is 14.8. The average Bonchev–Trinajstić information content (AvgIpc) is 3.25. The first-order valence-corrected chi connectivity index (χ1v) is 10.6. The Kier molecular flexibility index (Phi) is 3.93. The van der Waals surface area contributed by atoms with Crippen LogP contribution in [0.4, 0.5) is 0 Å². The van der Waals surface area contributed by atoms with E-state index in [1.54, 1.807) is 0 Å². The molecule has 0 aliphatic carbocycles. The molecule has 0 spiro atoms. The second-order valence-electron chi connectivity index (χ2n) is 7.33. The van der Waals surface area contributed by atoms with Crippen molar-refractivity contribution in [2.45, 2.75) is 0 Å². The Morgan fingerprint density at radius 3 is 2.07 bits per heavy atom. The van der Waals surface area contributed by atoms with Crippen molar-refractivity contribution in [3.63, 3.8) is 0 Å². The molecule has 142 valence electrons. The Balaban J connectivity index is 1.59. The van der Waals surface area contributed by atoms with E-state index in [1.165, 1.54) is 21.9 Å². The van der Waals surface area contributed by atoms with Crippen LogP contribution in [-0.4, -0.2) is 14.6 Å². The van der Waals surface area contributed by atoms with Crippen LogP contribution in [0.25, 0.3) is 49.8 Å². The minimum atomic E-state index is 0.854. The van der Waals surface area contributed by atoms with E-state index >= 15 is 0 Å². The predicted octanol–water partition coefficient (Wildman–Crippen LogP) is 7.13. The van der Waals surface area contributed by atoms with Crippen LogP contribution >= 0.6 is 15.9 Å². The first kappa shape index (κ1) is 17.4. The van der Waals surface area contributed by atoms with E-state index in [9.17, 15) is 0 Å². The predicted molar refractivity (Wildman–Crippen MR) is 127 cm³/mol. The highest BCUT2D eigenvalue weighted by Gasteiger charge is 2.15. The van der Waals surface area contributed by atoms with Crippen LogP contribution in [-0.2, 0) is 0 Å². The molecule has 0 amide bonds. The summed E-state index contributed by atoms with van der Waals surface area (Å²) in [6, 6.07) is 33.7. The van der Waals surface area contributed by atoms with Crippen molar-refractivity contribution in [2.24, 2.45) is 0 Å². The Hall–Kier alpha value is -3.50. The molecule has 0 fully saturated rings. The molecule has 4 heteroatoms. The van der Waals surface area contributed by atoms with E-state index in [4.69, 9.17) is 0 Å². The first-order valence-electron chi connectivity index (χ1n) is 9.80. The lowest BCUT2D eigenvalue weighted by atomic mass is 10.0. The summed E-state index contributed by atoms with van der Waals surface area (Å²) in [5.41, 5.74) is 5.39. The van der Waals surface area contributed by atoms with Crippen LogP contribution in [0.15, 0.2) is 102 Å². The molecule has 0 bridgehead atoms. The van der Waals surface area contributed by atoms with Crippen molar-refractivity contribution >= 4 is 43.3 Å². The van der Waals surface area contributed by atoms with Gasteiger partial charge in [0, 0.05) is 20.8 Å². The number of benzene rings is 4. The van der Waals surface area contributed by atoms with Gasteiger partial charge in [0.25, 0.3) is 0 Å². The van der Waals surface area contributed by atoms with E-state index < -0.39 is 0 Å². The minimum absolute atomic E-state index is 0.854. The van der Waals surface area contributed by atoms with Crippen LogP contribution in [0.2, 0.25) is 0 Å². The number of fused-ring (bicyclic) bond motifs is 6. The number of nitrogens with zero attached hydrogens (tertiary/aromatic N) is 3. The summed E-state index contributed by atoms with van der Waals surface area (Å²) in [5.74, 6) is 0.854. The van der Waals surface area contributed by atoms with Crippen molar-refractivity contribution in [1.82, 2.24) is 14.6 Å². The minimum Gasteiger partial charge on any atom is -0.274 e. The third-order valence-corrected chi connectivity index (χ3v) is 6.06. The van der Waals surface area contributed by atoms with E-state index in [-0.39, 0.29) is 0 Å². The fourth-order valence-electron chi connectivity index (χ4n) is 4.16. The van der Waals surface area contributed by atoms with Gasteiger partial charge in [0.05, 0.1) is 5.52 Å². The van der Waals surface area contributed by atoms with Gasteiger partial charge in [-0.2, -0.15) is 0 Å². The molecule has 3 nitrogen and oxygen atoms in total. The zero-order valence-electron chi connectivity index (χ0n) is 16.0. The molecule has 30 heavy (non-hydrogen) atoms. The Bertz CT molecular complexity index is 1550. The smallest absolute Gasteiger partial charge is 0.169 e. The molecule has 0 saturated heterocycles. The highest BCUT2D eigenvalue weighted by atomic mass is 79.9. The maximum atomic E-state index is 4.59. The number of hydrogen-bond donors (Lipinski definition) is 0. The molecule has 2 aromatic heterocycles. The lowest BCUT2D eigenvalue weighted by Gasteiger charge is -2.10. The normalized spacial score (nSPS) is 11.5. The molecule has 4 aromatic carbocycles. The third kappa shape index (κ3) is 2.65. The molecule has 6 rings (SSSR count). The molecule has 0 aliphatic rings. The Morgan fingerprint density at radius 1 is 0.567 bits per heavy atom. The molecule has 0 N–H and O–H groups in total. The highest BCUT2D eigenvalue weighted by molar-refractivity contribution is 9.10. The molecule has 0 radical (unpaired) electrons. The molecule has 6 aromatic rings. The topological polar surface area (TPSA) is 30.2 Å². The maximum absolute atomic E-state index is 4.59. The maximum Gasteiger partial charge on any atom is 0.169 e. The van der Waals surface area contributed by atoms with Crippen molar-refractivity contribution in [2.75, 3.05) is 0 Å². The molecule has 0 aliphatic heterocycles. The summed E-state index contributed by atoms with van der Waals surface area (Å²) < 4.78 is 3.25. The van der Waals surface area contributed by atoms with Gasteiger partial charge in [-0.05, 0) is 34.7 Å². The second kappa shape index (κ2) is 6.78. The summed E-state index contributed by atoms with van der Waals surface area (Å²) in [6.07, 6.45) is 0. The number of aromatic nitrogens is 3. The molecule has 0 saturated carbocycles. The monoisotopic (exact) mass is 449 g/mol. The van der Waals surface area contributed by atoms with Gasteiger partial charge in [0.15, 0.2) is 11.5 Å². The van der Waals surface area contributed by atoms with E-state index in [0.29, 0.717) is 0 Å². The molecule has 2 heterocycles. The number of pyridine rings is 1. The largest absolute Gasteiger partial charge is 0.274 e. The highest BCUT2D eigenvalue weighted by Crippen LogP contribution is 2.32. The van der Waals surface area contributed by atoms with Gasteiger partial charge >= 0.3 is 0 Å². The molecular formula is C26H16BrN3. The van der Waals surface area contributed by atoms with Crippen molar-refractivity contribution in [1.29, 1.82) is 0 Å². The van der Waals surface area contributed by atoms with Crippen LogP contribution < -0.4 is 0 Å². The van der Waals surface area contributed by atoms with E-state index in [1.807, 2.05) is 6.07 Å². The number of hydrogen-bond acceptors (Lipinski definition) is 2. The van der Waals surface area contributed by atoms with Crippen LogP contribution in [0.3, 0.4) is 0 Å². The fourth-order valence-corrected chi connectivity index (χ4v) is 4.56. The van der Waals surface area contributed by atoms with E-state index in [0.717, 1.165) is 32.4 Å². The lowest BCUT2D eigenvalue weighted by molar-refractivity contribution is 1.12. The van der Waals surface area contributed by atoms with Gasteiger partial charge in [-0.15, -0.1) is 10.2 Å². The fraction of sp³-hybridized carbons (Fsp3) is 0. The summed E-state index contributed by atoms with van der Waals surface area (Å²) in [5, 5.41) is 12.7. The Morgan fingerprint density at radius 2 is 1.27 bits per heavy atom. The van der Waals surface area contributed by atoms with Gasteiger partial charge < -0.3 is 0 Å². The molecule has 0 atom stereocenters. The van der Waals surface area contributed by atoms with Gasteiger partial charge in [0.1, 0.15) is 0 Å². The standard InChI is InChI=1S/C26H16BrN3/c27-20-7-5-6-19(16-20)17-12-14-18(15-13-17)25-28-29-26-23-10-2-1-8-21(23)22-9-3-4-11-24(22)30(25)26/h1-16H. The zero-order chi connectivity index (χ0) is 20.1. The molecule has 0 unspecified atom stereocenters. The van der Waals surface area contributed by atoms with Crippen LogP contribution in [0.5, 0.6) is 0 Å². The van der Waals surface area contributed by atoms with Crippen LogP contribution in [0.1, 0.15) is 0 Å².